The van der Waals surface area contributed by atoms with E-state index in [0.717, 1.165) is 0 Å². The summed E-state index contributed by atoms with van der Waals surface area (Å²) in [5.74, 6) is -3.45. The van der Waals surface area contributed by atoms with Gasteiger partial charge in [-0.05, 0) is 25.2 Å². The van der Waals surface area contributed by atoms with Crippen molar-refractivity contribution in [3.8, 4) is 0 Å². The third-order valence-electron chi connectivity index (χ3n) is 5.55. The van der Waals surface area contributed by atoms with E-state index in [9.17, 15) is 29.4 Å². The molecule has 0 bridgehead atoms. The summed E-state index contributed by atoms with van der Waals surface area (Å²) in [5, 5.41) is 26.8. The number of imidazole rings is 1. The Morgan fingerprint density at radius 3 is 2.12 bits per heavy atom. The minimum atomic E-state index is -1.23. The van der Waals surface area contributed by atoms with Crippen LogP contribution in [-0.4, -0.2) is 74.1 Å². The van der Waals surface area contributed by atoms with Gasteiger partial charge in [0.15, 0.2) is 0 Å². The minimum Gasteiger partial charge on any atom is -0.480 e. The number of carbonyl (C=O) groups is 4. The maximum absolute atomic E-state index is 13.1. The van der Waals surface area contributed by atoms with Gasteiger partial charge >= 0.3 is 5.97 Å². The summed E-state index contributed by atoms with van der Waals surface area (Å²) in [6.45, 7) is 8.70. The number of hydrogen-bond acceptors (Lipinski definition) is 7. The van der Waals surface area contributed by atoms with E-state index in [-0.39, 0.29) is 24.7 Å². The summed E-state index contributed by atoms with van der Waals surface area (Å²) < 4.78 is 0. The van der Waals surface area contributed by atoms with E-state index in [1.807, 2.05) is 20.8 Å². The zero-order chi connectivity index (χ0) is 26.0. The van der Waals surface area contributed by atoms with Crippen molar-refractivity contribution in [2.24, 2.45) is 17.6 Å². The molecule has 34 heavy (non-hydrogen) atoms. The molecule has 0 aliphatic rings. The molecule has 6 unspecified atom stereocenters. The van der Waals surface area contributed by atoms with Crippen LogP contribution in [0, 0.1) is 11.8 Å². The van der Waals surface area contributed by atoms with Crippen molar-refractivity contribution in [2.45, 2.75) is 84.2 Å². The number of carboxylic acids is 1. The summed E-state index contributed by atoms with van der Waals surface area (Å²) in [7, 11) is 0. The van der Waals surface area contributed by atoms with E-state index in [1.54, 1.807) is 6.92 Å². The minimum absolute atomic E-state index is 0.00842. The molecule has 1 aromatic heterocycles. The van der Waals surface area contributed by atoms with Gasteiger partial charge < -0.3 is 36.9 Å². The van der Waals surface area contributed by atoms with E-state index >= 15 is 0 Å². The number of aromatic amines is 1. The van der Waals surface area contributed by atoms with Gasteiger partial charge in [0.05, 0.1) is 12.4 Å². The molecule has 1 rings (SSSR count). The average Bonchev–Trinajstić information content (AvgIpc) is 3.27. The molecule has 6 atom stereocenters. The van der Waals surface area contributed by atoms with E-state index in [1.165, 1.54) is 19.4 Å². The number of nitrogens with zero attached hydrogens (tertiary/aromatic N) is 1. The number of nitrogens with one attached hydrogen (secondary N) is 4. The number of hydrogen-bond donors (Lipinski definition) is 7. The second-order valence-corrected chi connectivity index (χ2v) is 9.01. The molecule has 0 saturated heterocycles. The first kappa shape index (κ1) is 29.0. The Balaban J connectivity index is 3.01. The third-order valence-corrected chi connectivity index (χ3v) is 5.55. The van der Waals surface area contributed by atoms with Crippen LogP contribution in [0.2, 0.25) is 0 Å². The van der Waals surface area contributed by atoms with Gasteiger partial charge in [0.25, 0.3) is 0 Å². The predicted octanol–water partition coefficient (Wildman–Crippen LogP) is -0.708. The lowest BCUT2D eigenvalue weighted by molar-refractivity contribution is -0.142. The van der Waals surface area contributed by atoms with Crippen molar-refractivity contribution in [1.29, 1.82) is 0 Å². The van der Waals surface area contributed by atoms with Crippen LogP contribution in [0.4, 0.5) is 0 Å². The summed E-state index contributed by atoms with van der Waals surface area (Å²) in [5.41, 5.74) is 6.21. The first-order chi connectivity index (χ1) is 15.9. The molecule has 0 aliphatic carbocycles. The third kappa shape index (κ3) is 9.10. The Bertz CT molecular complexity index is 813. The second kappa shape index (κ2) is 13.7. The first-order valence-electron chi connectivity index (χ1n) is 11.4. The number of H-pyrrole nitrogens is 1. The normalized spacial score (nSPS) is 16.6. The van der Waals surface area contributed by atoms with E-state index in [2.05, 4.69) is 25.9 Å². The quantitative estimate of drug-likeness (QED) is 0.180. The highest BCUT2D eigenvalue weighted by Gasteiger charge is 2.33. The highest BCUT2D eigenvalue weighted by atomic mass is 16.4. The maximum atomic E-state index is 13.1. The molecular formula is C22H38N6O6. The van der Waals surface area contributed by atoms with Crippen LogP contribution >= 0.6 is 0 Å². The van der Waals surface area contributed by atoms with Gasteiger partial charge in [0, 0.05) is 18.3 Å². The molecular weight excluding hydrogens is 444 g/mol. The Morgan fingerprint density at radius 2 is 1.65 bits per heavy atom. The fourth-order valence-electron chi connectivity index (χ4n) is 3.22. The molecule has 12 heteroatoms. The average molecular weight is 483 g/mol. The van der Waals surface area contributed by atoms with Crippen LogP contribution in [0.1, 0.15) is 53.2 Å². The van der Waals surface area contributed by atoms with Crippen molar-refractivity contribution in [1.82, 2.24) is 25.9 Å². The number of nitrogens with two attached hydrogens (primary N) is 1. The van der Waals surface area contributed by atoms with Crippen molar-refractivity contribution in [3.05, 3.63) is 18.2 Å². The highest BCUT2D eigenvalue weighted by molar-refractivity contribution is 5.94. The topological polar surface area (TPSA) is 200 Å². The van der Waals surface area contributed by atoms with Gasteiger partial charge in [-0.2, -0.15) is 0 Å². The number of rotatable bonds is 14. The summed E-state index contributed by atoms with van der Waals surface area (Å²) >= 11 is 0. The number of amides is 3. The van der Waals surface area contributed by atoms with Gasteiger partial charge in [-0.25, -0.2) is 9.78 Å². The molecule has 0 aromatic carbocycles. The fraction of sp³-hybridized carbons (Fsp3) is 0.682. The van der Waals surface area contributed by atoms with Gasteiger partial charge in [0.1, 0.15) is 24.2 Å². The molecule has 0 radical (unpaired) electrons. The molecule has 0 fully saturated rings. The number of aliphatic hydroxyl groups is 1. The van der Waals surface area contributed by atoms with Crippen LogP contribution in [0.25, 0.3) is 0 Å². The number of carbonyl (C=O) groups excluding carboxylic acids is 3. The number of aliphatic carboxylic acids is 1. The van der Waals surface area contributed by atoms with Crippen molar-refractivity contribution < 1.29 is 29.4 Å². The van der Waals surface area contributed by atoms with Gasteiger partial charge in [-0.1, -0.05) is 34.1 Å². The zero-order valence-corrected chi connectivity index (χ0v) is 20.4. The van der Waals surface area contributed by atoms with Crippen molar-refractivity contribution in [3.63, 3.8) is 0 Å². The lowest BCUT2D eigenvalue weighted by Gasteiger charge is -2.28. The van der Waals surface area contributed by atoms with Gasteiger partial charge in [0.2, 0.25) is 17.7 Å². The SMILES string of the molecule is CCC(C)C(NC(=O)C(CC(C)C)NC(=O)C(N)C(C)O)C(=O)NC(Cc1cnc[nH]1)C(=O)O. The second-order valence-electron chi connectivity index (χ2n) is 9.01. The van der Waals surface area contributed by atoms with Crippen LogP contribution in [0.5, 0.6) is 0 Å². The molecule has 1 aromatic rings. The Morgan fingerprint density at radius 1 is 1.03 bits per heavy atom. The standard InChI is InChI=1S/C22H38N6O6/c1-6-12(4)18(21(32)27-16(22(33)34)8-14-9-24-10-25-14)28-19(30)15(7-11(2)3)26-20(31)17(23)13(5)29/h9-13,15-18,29H,6-8,23H2,1-5H3,(H,24,25)(H,26,31)(H,27,32)(H,28,30)(H,33,34). The number of carboxylic acid groups (broad SMARTS) is 1. The molecule has 0 saturated carbocycles. The molecule has 12 nitrogen and oxygen atoms in total. The predicted molar refractivity (Wildman–Crippen MR) is 124 cm³/mol. The van der Waals surface area contributed by atoms with E-state index in [4.69, 9.17) is 5.73 Å². The Kier molecular flexibility index (Phi) is 11.7. The van der Waals surface area contributed by atoms with E-state index in [0.29, 0.717) is 12.1 Å². The smallest absolute Gasteiger partial charge is 0.326 e. The first-order valence-corrected chi connectivity index (χ1v) is 11.4. The van der Waals surface area contributed by atoms with Crippen LogP contribution in [0.3, 0.4) is 0 Å². The zero-order valence-electron chi connectivity index (χ0n) is 20.4. The molecule has 0 aliphatic heterocycles. The maximum Gasteiger partial charge on any atom is 0.326 e. The molecule has 1 heterocycles. The van der Waals surface area contributed by atoms with Crippen LogP contribution < -0.4 is 21.7 Å². The van der Waals surface area contributed by atoms with Crippen molar-refractivity contribution in [2.75, 3.05) is 0 Å². The monoisotopic (exact) mass is 482 g/mol. The largest absolute Gasteiger partial charge is 0.480 e. The van der Waals surface area contributed by atoms with Crippen LogP contribution in [-0.2, 0) is 25.6 Å². The molecule has 8 N–H and O–H groups in total. The van der Waals surface area contributed by atoms with Crippen LogP contribution in [0.15, 0.2) is 12.5 Å². The Hall–Kier alpha value is -2.99. The summed E-state index contributed by atoms with van der Waals surface area (Å²) in [4.78, 5) is 56.8. The highest BCUT2D eigenvalue weighted by Crippen LogP contribution is 2.12. The Labute approximate surface area is 199 Å². The summed E-state index contributed by atoms with van der Waals surface area (Å²) in [6.07, 6.45) is 2.56. The molecule has 3 amide bonds. The number of aliphatic hydroxyl groups excluding tert-OH is 1. The lowest BCUT2D eigenvalue weighted by Crippen LogP contribution is -2.59. The van der Waals surface area contributed by atoms with Crippen molar-refractivity contribution >= 4 is 23.7 Å². The summed E-state index contributed by atoms with van der Waals surface area (Å²) in [6, 6.07) is -4.46. The lowest BCUT2D eigenvalue weighted by atomic mass is 9.96. The molecule has 0 spiro atoms. The van der Waals surface area contributed by atoms with Gasteiger partial charge in [-0.3, -0.25) is 14.4 Å². The fourth-order valence-corrected chi connectivity index (χ4v) is 3.22. The van der Waals surface area contributed by atoms with Gasteiger partial charge in [-0.15, -0.1) is 0 Å². The van der Waals surface area contributed by atoms with E-state index < -0.39 is 54.0 Å². The molecule has 192 valence electrons. The number of aromatic nitrogens is 2.